The summed E-state index contributed by atoms with van der Waals surface area (Å²) in [6.07, 6.45) is 1.98. The lowest BCUT2D eigenvalue weighted by atomic mass is 9.85. The van der Waals surface area contributed by atoms with Crippen LogP contribution in [0.15, 0.2) is 6.33 Å². The second-order valence-electron chi connectivity index (χ2n) is 6.21. The lowest BCUT2D eigenvalue weighted by Crippen LogP contribution is -2.40. The molecule has 7 heteroatoms. The molecule has 0 amide bonds. The van der Waals surface area contributed by atoms with Crippen LogP contribution in [-0.2, 0) is 6.54 Å². The third-order valence-electron chi connectivity index (χ3n) is 4.51. The van der Waals surface area contributed by atoms with Crippen molar-refractivity contribution in [3.63, 3.8) is 0 Å². The average Bonchev–Trinajstić information content (AvgIpc) is 3.18. The zero-order valence-electron chi connectivity index (χ0n) is 11.9. The molecule has 3 rings (SSSR count). The maximum atomic E-state index is 12.8. The molecule has 0 spiro atoms. The summed E-state index contributed by atoms with van der Waals surface area (Å²) in [6.45, 7) is 1.40. The molecule has 2 saturated carbocycles. The first-order valence-corrected chi connectivity index (χ1v) is 7.72. The van der Waals surface area contributed by atoms with E-state index in [1.165, 1.54) is 12.8 Å². The molecular weight excluding hydrogens is 281 g/mol. The first-order chi connectivity index (χ1) is 10.0. The second kappa shape index (κ2) is 5.94. The Bertz CT molecular complexity index is 467. The van der Waals surface area contributed by atoms with Gasteiger partial charge in [0, 0.05) is 25.0 Å². The number of halogens is 3. The first kappa shape index (κ1) is 14.8. The van der Waals surface area contributed by atoms with Gasteiger partial charge in [-0.05, 0) is 32.1 Å². The van der Waals surface area contributed by atoms with Gasteiger partial charge in [-0.1, -0.05) is 6.42 Å². The molecule has 0 aliphatic heterocycles. The number of aromatic nitrogens is 3. The van der Waals surface area contributed by atoms with E-state index >= 15 is 0 Å². The normalized spacial score (nSPS) is 27.0. The summed E-state index contributed by atoms with van der Waals surface area (Å²) in [5.74, 6) is 0.422. The number of nitrogens with zero attached hydrogens (tertiary/aromatic N) is 3. The third kappa shape index (κ3) is 3.75. The van der Waals surface area contributed by atoms with E-state index in [1.54, 1.807) is 6.33 Å². The number of nitrogens with one attached hydrogen (secondary N) is 1. The Morgan fingerprint density at radius 1 is 1.24 bits per heavy atom. The van der Waals surface area contributed by atoms with Crippen LogP contribution in [0.4, 0.5) is 13.2 Å². The summed E-state index contributed by atoms with van der Waals surface area (Å²) >= 11 is 0. The van der Waals surface area contributed by atoms with Crippen LogP contribution in [0.2, 0.25) is 0 Å². The van der Waals surface area contributed by atoms with Crippen LogP contribution in [0.5, 0.6) is 0 Å². The van der Waals surface area contributed by atoms with E-state index < -0.39 is 12.1 Å². The molecule has 2 fully saturated rings. The average molecular weight is 302 g/mol. The predicted octanol–water partition coefficient (Wildman–Crippen LogP) is 2.87. The van der Waals surface area contributed by atoms with Crippen LogP contribution in [-0.4, -0.2) is 33.5 Å². The van der Waals surface area contributed by atoms with Crippen LogP contribution < -0.4 is 5.32 Å². The highest BCUT2D eigenvalue weighted by Gasteiger charge is 2.42. The van der Waals surface area contributed by atoms with Gasteiger partial charge in [-0.25, -0.2) is 0 Å². The topological polar surface area (TPSA) is 42.7 Å². The zero-order valence-corrected chi connectivity index (χ0v) is 11.9. The molecule has 1 heterocycles. The summed E-state index contributed by atoms with van der Waals surface area (Å²) in [7, 11) is 0. The lowest BCUT2D eigenvalue weighted by molar-refractivity contribution is -0.183. The van der Waals surface area contributed by atoms with E-state index in [4.69, 9.17) is 0 Å². The molecule has 0 aromatic carbocycles. The van der Waals surface area contributed by atoms with Crippen LogP contribution in [0.3, 0.4) is 0 Å². The highest BCUT2D eigenvalue weighted by Crippen LogP contribution is 2.39. The van der Waals surface area contributed by atoms with E-state index in [0.717, 1.165) is 18.8 Å². The van der Waals surface area contributed by atoms with Gasteiger partial charge in [0.1, 0.15) is 12.2 Å². The highest BCUT2D eigenvalue weighted by molar-refractivity contribution is 5.04. The maximum absolute atomic E-state index is 12.8. The minimum absolute atomic E-state index is 0.0220. The van der Waals surface area contributed by atoms with Gasteiger partial charge in [0.2, 0.25) is 0 Å². The fraction of sp³-hybridized carbons (Fsp3) is 0.857. The molecule has 1 N–H and O–H groups in total. The molecule has 0 radical (unpaired) electrons. The van der Waals surface area contributed by atoms with E-state index in [2.05, 4.69) is 15.5 Å². The van der Waals surface area contributed by atoms with E-state index in [9.17, 15) is 13.2 Å². The summed E-state index contributed by atoms with van der Waals surface area (Å²) in [6, 6.07) is -0.0220. The highest BCUT2D eigenvalue weighted by atomic mass is 19.4. The lowest BCUT2D eigenvalue weighted by Gasteiger charge is -2.31. The Morgan fingerprint density at radius 3 is 2.76 bits per heavy atom. The summed E-state index contributed by atoms with van der Waals surface area (Å²) < 4.78 is 40.3. The number of hydrogen-bond donors (Lipinski definition) is 1. The molecule has 2 aliphatic carbocycles. The number of hydrogen-bond acceptors (Lipinski definition) is 3. The van der Waals surface area contributed by atoms with Gasteiger partial charge < -0.3 is 9.88 Å². The van der Waals surface area contributed by atoms with Crippen molar-refractivity contribution in [3.8, 4) is 0 Å². The van der Waals surface area contributed by atoms with Crippen molar-refractivity contribution in [1.29, 1.82) is 0 Å². The smallest absolute Gasteiger partial charge is 0.316 e. The third-order valence-corrected chi connectivity index (χ3v) is 4.51. The molecule has 0 saturated heterocycles. The fourth-order valence-corrected chi connectivity index (χ4v) is 3.16. The minimum Gasteiger partial charge on any atom is -0.316 e. The molecule has 2 aliphatic rings. The first-order valence-electron chi connectivity index (χ1n) is 7.72. The summed E-state index contributed by atoms with van der Waals surface area (Å²) in [4.78, 5) is 0. The fourth-order valence-electron chi connectivity index (χ4n) is 3.16. The van der Waals surface area contributed by atoms with Crippen LogP contribution in [0.25, 0.3) is 0 Å². The molecule has 2 atom stereocenters. The van der Waals surface area contributed by atoms with Gasteiger partial charge in [-0.2, -0.15) is 13.2 Å². The molecule has 21 heavy (non-hydrogen) atoms. The Labute approximate surface area is 122 Å². The zero-order chi connectivity index (χ0) is 14.9. The molecule has 1 aromatic heterocycles. The number of alkyl halides is 3. The quantitative estimate of drug-likeness (QED) is 0.909. The van der Waals surface area contributed by atoms with Crippen LogP contribution >= 0.6 is 0 Å². The SMILES string of the molecule is FC(F)(F)[C@H]1CCC[C@H](NCCn2cnnc2C2CC2)C1. The van der Waals surface area contributed by atoms with Gasteiger partial charge in [0.15, 0.2) is 0 Å². The van der Waals surface area contributed by atoms with Crippen molar-refractivity contribution >= 4 is 0 Å². The molecule has 0 bridgehead atoms. The van der Waals surface area contributed by atoms with Crippen molar-refractivity contribution in [1.82, 2.24) is 20.1 Å². The van der Waals surface area contributed by atoms with Crippen molar-refractivity contribution in [3.05, 3.63) is 12.2 Å². The van der Waals surface area contributed by atoms with Gasteiger partial charge in [0.05, 0.1) is 5.92 Å². The van der Waals surface area contributed by atoms with Crippen molar-refractivity contribution in [2.75, 3.05) is 6.54 Å². The Hall–Kier alpha value is -1.11. The van der Waals surface area contributed by atoms with Gasteiger partial charge in [-0.3, -0.25) is 0 Å². The maximum Gasteiger partial charge on any atom is 0.391 e. The Kier molecular flexibility index (Phi) is 4.19. The molecule has 1 aromatic rings. The summed E-state index contributed by atoms with van der Waals surface area (Å²) in [5.41, 5.74) is 0. The van der Waals surface area contributed by atoms with E-state index in [-0.39, 0.29) is 18.9 Å². The largest absolute Gasteiger partial charge is 0.391 e. The molecular formula is C14H21F3N4. The Balaban J connectivity index is 1.45. The van der Waals surface area contributed by atoms with E-state index in [1.807, 2.05) is 4.57 Å². The summed E-state index contributed by atoms with van der Waals surface area (Å²) in [5, 5.41) is 11.3. The minimum atomic E-state index is -4.05. The second-order valence-corrected chi connectivity index (χ2v) is 6.21. The molecule has 4 nitrogen and oxygen atoms in total. The van der Waals surface area contributed by atoms with E-state index in [0.29, 0.717) is 18.9 Å². The van der Waals surface area contributed by atoms with Crippen LogP contribution in [0, 0.1) is 5.92 Å². The van der Waals surface area contributed by atoms with Crippen LogP contribution in [0.1, 0.15) is 50.3 Å². The number of rotatable bonds is 5. The van der Waals surface area contributed by atoms with Crippen molar-refractivity contribution < 1.29 is 13.2 Å². The molecule has 118 valence electrons. The monoisotopic (exact) mass is 302 g/mol. The van der Waals surface area contributed by atoms with Gasteiger partial charge in [0.25, 0.3) is 0 Å². The van der Waals surface area contributed by atoms with Gasteiger partial charge >= 0.3 is 6.18 Å². The standard InChI is InChI=1S/C14H21F3N4/c15-14(16,17)11-2-1-3-12(8-11)18-6-7-21-9-19-20-13(21)10-4-5-10/h9-12,18H,1-8H2/t11-,12-/m0/s1. The van der Waals surface area contributed by atoms with Gasteiger partial charge in [-0.15, -0.1) is 10.2 Å². The van der Waals surface area contributed by atoms with Crippen molar-refractivity contribution in [2.24, 2.45) is 5.92 Å². The molecule has 0 unspecified atom stereocenters. The van der Waals surface area contributed by atoms with Crippen molar-refractivity contribution in [2.45, 2.75) is 63.2 Å². The Morgan fingerprint density at radius 2 is 2.05 bits per heavy atom. The predicted molar refractivity (Wildman–Crippen MR) is 71.8 cm³/mol.